The number of anilines is 1. The first-order chi connectivity index (χ1) is 11.1. The van der Waals surface area contributed by atoms with Crippen molar-refractivity contribution < 1.29 is 23.9 Å². The highest BCUT2D eigenvalue weighted by Crippen LogP contribution is 2.19. The van der Waals surface area contributed by atoms with Gasteiger partial charge in [0.2, 0.25) is 0 Å². The molecule has 0 saturated heterocycles. The van der Waals surface area contributed by atoms with Crippen LogP contribution in [0.5, 0.6) is 0 Å². The summed E-state index contributed by atoms with van der Waals surface area (Å²) < 4.78 is 9.65. The van der Waals surface area contributed by atoms with Crippen molar-refractivity contribution in [2.24, 2.45) is 5.92 Å². The first kappa shape index (κ1) is 16.7. The van der Waals surface area contributed by atoms with Crippen LogP contribution in [0.2, 0.25) is 0 Å². The lowest BCUT2D eigenvalue weighted by Gasteiger charge is -2.16. The summed E-state index contributed by atoms with van der Waals surface area (Å²) in [6.45, 7) is -0.346. The first-order valence-electron chi connectivity index (χ1n) is 7.40. The molecule has 1 aliphatic rings. The highest BCUT2D eigenvalue weighted by atomic mass is 16.5. The Morgan fingerprint density at radius 2 is 2.09 bits per heavy atom. The summed E-state index contributed by atoms with van der Waals surface area (Å²) in [4.78, 5) is 35.1. The molecule has 2 rings (SSSR count). The fourth-order valence-electron chi connectivity index (χ4n) is 2.30. The Labute approximate surface area is 134 Å². The van der Waals surface area contributed by atoms with E-state index >= 15 is 0 Å². The van der Waals surface area contributed by atoms with E-state index in [-0.39, 0.29) is 18.5 Å². The van der Waals surface area contributed by atoms with Gasteiger partial charge in [-0.25, -0.2) is 4.79 Å². The van der Waals surface area contributed by atoms with E-state index in [1.54, 1.807) is 18.2 Å². The van der Waals surface area contributed by atoms with Crippen LogP contribution in [-0.4, -0.2) is 31.6 Å². The van der Waals surface area contributed by atoms with Gasteiger partial charge in [-0.05, 0) is 37.5 Å². The Hall–Kier alpha value is -2.63. The Kier molecular flexibility index (Phi) is 5.91. The third kappa shape index (κ3) is 4.95. The highest BCUT2D eigenvalue weighted by molar-refractivity contribution is 5.95. The first-order valence-corrected chi connectivity index (χ1v) is 7.40. The summed E-state index contributed by atoms with van der Waals surface area (Å²) in [6.07, 6.45) is 6.24. The van der Waals surface area contributed by atoms with Crippen LogP contribution in [0.15, 0.2) is 36.4 Å². The molecule has 1 atom stereocenters. The number of methoxy groups -OCH3 is 1. The third-order valence-corrected chi connectivity index (χ3v) is 3.52. The van der Waals surface area contributed by atoms with E-state index in [1.807, 2.05) is 12.2 Å². The van der Waals surface area contributed by atoms with Gasteiger partial charge < -0.3 is 14.8 Å². The molecule has 122 valence electrons. The van der Waals surface area contributed by atoms with Gasteiger partial charge >= 0.3 is 11.9 Å². The summed E-state index contributed by atoms with van der Waals surface area (Å²) in [5.41, 5.74) is 0.769. The lowest BCUT2D eigenvalue weighted by molar-refractivity contribution is -0.151. The van der Waals surface area contributed by atoms with Gasteiger partial charge in [0.05, 0.1) is 18.6 Å². The number of carbonyl (C=O) groups is 3. The average Bonchev–Trinajstić information content (AvgIpc) is 2.60. The number of allylic oxidation sites excluding steroid dienone is 2. The van der Waals surface area contributed by atoms with Gasteiger partial charge in [0.25, 0.3) is 5.91 Å². The predicted molar refractivity (Wildman–Crippen MR) is 83.9 cm³/mol. The van der Waals surface area contributed by atoms with Gasteiger partial charge in [-0.15, -0.1) is 0 Å². The van der Waals surface area contributed by atoms with Crippen molar-refractivity contribution >= 4 is 23.5 Å². The van der Waals surface area contributed by atoms with Crippen molar-refractivity contribution in [3.05, 3.63) is 42.0 Å². The lowest BCUT2D eigenvalue weighted by Crippen LogP contribution is -2.25. The van der Waals surface area contributed by atoms with Gasteiger partial charge in [0.1, 0.15) is 0 Å². The molecule has 1 N–H and O–H groups in total. The molecule has 23 heavy (non-hydrogen) atoms. The van der Waals surface area contributed by atoms with E-state index in [0.717, 1.165) is 12.8 Å². The molecule has 0 heterocycles. The van der Waals surface area contributed by atoms with Gasteiger partial charge in [-0.1, -0.05) is 18.2 Å². The van der Waals surface area contributed by atoms with Crippen molar-refractivity contribution in [1.82, 2.24) is 0 Å². The second kappa shape index (κ2) is 8.12. The number of esters is 2. The topological polar surface area (TPSA) is 81.7 Å². The van der Waals surface area contributed by atoms with Gasteiger partial charge in [-0.3, -0.25) is 9.59 Å². The summed E-state index contributed by atoms with van der Waals surface area (Å²) in [5.74, 6) is -1.46. The maximum Gasteiger partial charge on any atom is 0.337 e. The summed E-state index contributed by atoms with van der Waals surface area (Å²) in [5, 5.41) is 2.58. The van der Waals surface area contributed by atoms with Crippen LogP contribution >= 0.6 is 0 Å². The van der Waals surface area contributed by atoms with E-state index in [4.69, 9.17) is 4.74 Å². The molecule has 6 heteroatoms. The molecule has 0 fully saturated rings. The molecule has 0 aliphatic heterocycles. The van der Waals surface area contributed by atoms with E-state index in [1.165, 1.54) is 13.2 Å². The Balaban J connectivity index is 1.83. The number of amides is 1. The number of hydrogen-bond donors (Lipinski definition) is 1. The number of rotatable bonds is 5. The highest BCUT2D eigenvalue weighted by Gasteiger charge is 2.21. The third-order valence-electron chi connectivity index (χ3n) is 3.52. The molecule has 0 saturated carbocycles. The normalized spacial score (nSPS) is 16.5. The van der Waals surface area contributed by atoms with Crippen LogP contribution in [0.25, 0.3) is 0 Å². The largest absolute Gasteiger partial charge is 0.465 e. The van der Waals surface area contributed by atoms with Gasteiger partial charge in [0, 0.05) is 5.69 Å². The average molecular weight is 317 g/mol. The molecule has 6 nitrogen and oxygen atoms in total. The molecular formula is C17H19NO5. The van der Waals surface area contributed by atoms with Gasteiger partial charge in [0.15, 0.2) is 6.61 Å². The summed E-state index contributed by atoms with van der Waals surface area (Å²) in [7, 11) is 1.29. The maximum absolute atomic E-state index is 11.8. The zero-order chi connectivity index (χ0) is 16.7. The lowest BCUT2D eigenvalue weighted by atomic mass is 9.95. The van der Waals surface area contributed by atoms with Crippen LogP contribution < -0.4 is 5.32 Å². The van der Waals surface area contributed by atoms with Crippen LogP contribution in [0.1, 0.15) is 29.6 Å². The molecule has 0 spiro atoms. The molecule has 1 aromatic rings. The minimum absolute atomic E-state index is 0.171. The molecule has 0 aromatic heterocycles. The number of nitrogens with one attached hydrogen (secondary N) is 1. The summed E-state index contributed by atoms with van der Waals surface area (Å²) >= 11 is 0. The van der Waals surface area contributed by atoms with Crippen LogP contribution in [-0.2, 0) is 19.1 Å². The van der Waals surface area contributed by atoms with Crippen molar-refractivity contribution in [1.29, 1.82) is 0 Å². The smallest absolute Gasteiger partial charge is 0.337 e. The van der Waals surface area contributed by atoms with Crippen LogP contribution in [0.4, 0.5) is 5.69 Å². The Morgan fingerprint density at radius 1 is 1.26 bits per heavy atom. The SMILES string of the molecule is COC(=O)c1cccc(NC(=O)COC(=O)[C@H]2CC=CCC2)c1. The molecule has 1 aliphatic carbocycles. The van der Waals surface area contributed by atoms with Crippen molar-refractivity contribution in [3.63, 3.8) is 0 Å². The van der Waals surface area contributed by atoms with Crippen molar-refractivity contribution in [2.45, 2.75) is 19.3 Å². The van der Waals surface area contributed by atoms with E-state index in [0.29, 0.717) is 17.7 Å². The zero-order valence-corrected chi connectivity index (χ0v) is 12.9. The maximum atomic E-state index is 11.8. The van der Waals surface area contributed by atoms with E-state index in [9.17, 15) is 14.4 Å². The van der Waals surface area contributed by atoms with Gasteiger partial charge in [-0.2, -0.15) is 0 Å². The number of benzene rings is 1. The Bertz CT molecular complexity index is 623. The molecular weight excluding hydrogens is 298 g/mol. The minimum atomic E-state index is -0.488. The van der Waals surface area contributed by atoms with E-state index in [2.05, 4.69) is 10.1 Å². The molecule has 1 aromatic carbocycles. The molecule has 0 unspecified atom stereocenters. The Morgan fingerprint density at radius 3 is 2.78 bits per heavy atom. The number of carbonyl (C=O) groups excluding carboxylic acids is 3. The standard InChI is InChI=1S/C17H19NO5/c1-22-16(20)13-8-5-9-14(10-13)18-15(19)11-23-17(21)12-6-3-2-4-7-12/h2-3,5,8-10,12H,4,6-7,11H2,1H3,(H,18,19)/t12-/m0/s1. The van der Waals surface area contributed by atoms with Crippen LogP contribution in [0, 0.1) is 5.92 Å². The summed E-state index contributed by atoms with van der Waals surface area (Å²) in [6, 6.07) is 6.34. The monoisotopic (exact) mass is 317 g/mol. The second-order valence-electron chi connectivity index (χ2n) is 5.21. The van der Waals surface area contributed by atoms with Crippen molar-refractivity contribution in [2.75, 3.05) is 19.0 Å². The van der Waals surface area contributed by atoms with E-state index < -0.39 is 11.9 Å². The van der Waals surface area contributed by atoms with Crippen LogP contribution in [0.3, 0.4) is 0 Å². The number of hydrogen-bond acceptors (Lipinski definition) is 5. The number of ether oxygens (including phenoxy) is 2. The quantitative estimate of drug-likeness (QED) is 0.666. The zero-order valence-electron chi connectivity index (χ0n) is 12.9. The minimum Gasteiger partial charge on any atom is -0.465 e. The fraction of sp³-hybridized carbons (Fsp3) is 0.353. The second-order valence-corrected chi connectivity index (χ2v) is 5.21. The fourth-order valence-corrected chi connectivity index (χ4v) is 2.30. The molecule has 1 amide bonds. The van der Waals surface area contributed by atoms with Crippen molar-refractivity contribution in [3.8, 4) is 0 Å². The predicted octanol–water partition coefficient (Wildman–Crippen LogP) is 2.31. The molecule has 0 bridgehead atoms. The molecule has 0 radical (unpaired) electrons.